The molecular formula is C13H16N2O3. The number of hydrogen-bond donors (Lipinski definition) is 1. The minimum absolute atomic E-state index is 0.170. The third-order valence-electron chi connectivity index (χ3n) is 2.66. The maximum Gasteiger partial charge on any atom is 0.292 e. The van der Waals surface area contributed by atoms with Gasteiger partial charge in [-0.15, -0.1) is 0 Å². The molecule has 2 aromatic rings. The van der Waals surface area contributed by atoms with E-state index in [0.717, 1.165) is 17.7 Å². The van der Waals surface area contributed by atoms with Crippen molar-refractivity contribution in [3.63, 3.8) is 0 Å². The van der Waals surface area contributed by atoms with Crippen LogP contribution in [0.15, 0.2) is 22.6 Å². The summed E-state index contributed by atoms with van der Waals surface area (Å²) in [5, 5.41) is 0. The summed E-state index contributed by atoms with van der Waals surface area (Å²) in [5.41, 5.74) is 7.26. The van der Waals surface area contributed by atoms with E-state index in [-0.39, 0.29) is 6.01 Å². The monoisotopic (exact) mass is 248 g/mol. The van der Waals surface area contributed by atoms with E-state index in [9.17, 15) is 0 Å². The summed E-state index contributed by atoms with van der Waals surface area (Å²) < 4.78 is 15.9. The summed E-state index contributed by atoms with van der Waals surface area (Å²) in [6, 6.07) is 5.70. The van der Waals surface area contributed by atoms with Gasteiger partial charge in [-0.25, -0.2) is 0 Å². The number of rotatable bonds is 4. The molecule has 0 bridgehead atoms. The Morgan fingerprint density at radius 1 is 1.17 bits per heavy atom. The number of anilines is 1. The maximum absolute atomic E-state index is 5.59. The highest BCUT2D eigenvalue weighted by Gasteiger charge is 2.14. The Hall–Kier alpha value is -2.17. The Labute approximate surface area is 106 Å². The van der Waals surface area contributed by atoms with E-state index >= 15 is 0 Å². The zero-order valence-corrected chi connectivity index (χ0v) is 10.7. The van der Waals surface area contributed by atoms with Gasteiger partial charge in [0.15, 0.2) is 5.76 Å². The quantitative estimate of drug-likeness (QED) is 0.900. The molecule has 1 aromatic carbocycles. The van der Waals surface area contributed by atoms with Gasteiger partial charge in [0.2, 0.25) is 0 Å². The highest BCUT2D eigenvalue weighted by molar-refractivity contribution is 5.65. The molecule has 0 saturated carbocycles. The topological polar surface area (TPSA) is 70.5 Å². The van der Waals surface area contributed by atoms with Crippen LogP contribution in [-0.2, 0) is 6.42 Å². The molecular weight excluding hydrogens is 232 g/mol. The summed E-state index contributed by atoms with van der Waals surface area (Å²) >= 11 is 0. The Morgan fingerprint density at radius 2 is 1.78 bits per heavy atom. The second-order valence-electron chi connectivity index (χ2n) is 3.78. The molecule has 1 aromatic heterocycles. The third kappa shape index (κ3) is 2.25. The van der Waals surface area contributed by atoms with Crippen molar-refractivity contribution in [2.75, 3.05) is 20.0 Å². The summed E-state index contributed by atoms with van der Waals surface area (Å²) in [6.45, 7) is 2.00. The lowest BCUT2D eigenvalue weighted by Crippen LogP contribution is -1.90. The number of ether oxygens (including phenoxy) is 2. The normalized spacial score (nSPS) is 10.4. The first-order chi connectivity index (χ1) is 8.67. The smallest absolute Gasteiger partial charge is 0.292 e. The van der Waals surface area contributed by atoms with Gasteiger partial charge in [-0.2, -0.15) is 4.98 Å². The van der Waals surface area contributed by atoms with Gasteiger partial charge in [0.1, 0.15) is 11.5 Å². The summed E-state index contributed by atoms with van der Waals surface area (Å²) in [4.78, 5) is 4.15. The van der Waals surface area contributed by atoms with Gasteiger partial charge in [0.05, 0.1) is 19.9 Å². The van der Waals surface area contributed by atoms with Gasteiger partial charge in [-0.1, -0.05) is 6.92 Å². The van der Waals surface area contributed by atoms with E-state index < -0.39 is 0 Å². The van der Waals surface area contributed by atoms with Crippen molar-refractivity contribution in [3.8, 4) is 22.8 Å². The van der Waals surface area contributed by atoms with E-state index in [2.05, 4.69) is 4.98 Å². The summed E-state index contributed by atoms with van der Waals surface area (Å²) in [6.07, 6.45) is 0.746. The van der Waals surface area contributed by atoms with Crippen LogP contribution in [0, 0.1) is 0 Å². The molecule has 2 rings (SSSR count). The number of oxazole rings is 1. The number of aryl methyl sites for hydroxylation is 1. The third-order valence-corrected chi connectivity index (χ3v) is 2.66. The van der Waals surface area contributed by atoms with Gasteiger partial charge in [-0.3, -0.25) is 0 Å². The Balaban J connectivity index is 2.54. The SMILES string of the molecule is CCc1nc(N)oc1-c1cc(OC)cc(OC)c1. The van der Waals surface area contributed by atoms with Crippen molar-refractivity contribution < 1.29 is 13.9 Å². The van der Waals surface area contributed by atoms with Crippen LogP contribution in [0.3, 0.4) is 0 Å². The van der Waals surface area contributed by atoms with Crippen molar-refractivity contribution >= 4 is 6.01 Å². The molecule has 1 heterocycles. The van der Waals surface area contributed by atoms with Crippen LogP contribution < -0.4 is 15.2 Å². The largest absolute Gasteiger partial charge is 0.497 e. The number of benzene rings is 1. The lowest BCUT2D eigenvalue weighted by atomic mass is 10.1. The highest BCUT2D eigenvalue weighted by atomic mass is 16.5. The van der Waals surface area contributed by atoms with Gasteiger partial charge < -0.3 is 19.6 Å². The lowest BCUT2D eigenvalue weighted by molar-refractivity contribution is 0.394. The molecule has 5 nitrogen and oxygen atoms in total. The van der Waals surface area contributed by atoms with Gasteiger partial charge >= 0.3 is 0 Å². The van der Waals surface area contributed by atoms with Crippen LogP contribution in [0.25, 0.3) is 11.3 Å². The highest BCUT2D eigenvalue weighted by Crippen LogP contribution is 2.32. The van der Waals surface area contributed by atoms with Gasteiger partial charge in [-0.05, 0) is 18.6 Å². The Kier molecular flexibility index (Phi) is 3.41. The fourth-order valence-electron chi connectivity index (χ4n) is 1.77. The molecule has 0 amide bonds. The van der Waals surface area contributed by atoms with Crippen LogP contribution in [0.5, 0.6) is 11.5 Å². The van der Waals surface area contributed by atoms with Crippen LogP contribution in [-0.4, -0.2) is 19.2 Å². The molecule has 5 heteroatoms. The van der Waals surface area contributed by atoms with Crippen molar-refractivity contribution in [1.29, 1.82) is 0 Å². The molecule has 2 N–H and O–H groups in total. The fraction of sp³-hybridized carbons (Fsp3) is 0.308. The second kappa shape index (κ2) is 5.00. The molecule has 0 unspecified atom stereocenters. The van der Waals surface area contributed by atoms with Gasteiger partial charge in [0, 0.05) is 11.6 Å². The first-order valence-corrected chi connectivity index (χ1v) is 5.66. The molecule has 0 aliphatic heterocycles. The average Bonchev–Trinajstić information content (AvgIpc) is 2.79. The average molecular weight is 248 g/mol. The lowest BCUT2D eigenvalue weighted by Gasteiger charge is -2.07. The molecule has 0 fully saturated rings. The van der Waals surface area contributed by atoms with E-state index in [4.69, 9.17) is 19.6 Å². The molecule has 0 spiro atoms. The number of hydrogen-bond acceptors (Lipinski definition) is 5. The number of nitrogen functional groups attached to an aromatic ring is 1. The molecule has 0 aliphatic carbocycles. The summed E-state index contributed by atoms with van der Waals surface area (Å²) in [5.74, 6) is 2.05. The van der Waals surface area contributed by atoms with E-state index in [1.165, 1.54) is 0 Å². The van der Waals surface area contributed by atoms with Crippen molar-refractivity contribution in [3.05, 3.63) is 23.9 Å². The minimum Gasteiger partial charge on any atom is -0.497 e. The molecule has 0 saturated heterocycles. The van der Waals surface area contributed by atoms with Crippen LogP contribution in [0.2, 0.25) is 0 Å². The minimum atomic E-state index is 0.170. The predicted octanol–water partition coefficient (Wildman–Crippen LogP) is 2.50. The molecule has 0 aliphatic rings. The Bertz CT molecular complexity index is 527. The van der Waals surface area contributed by atoms with Crippen LogP contribution >= 0.6 is 0 Å². The maximum atomic E-state index is 5.59. The van der Waals surface area contributed by atoms with E-state index in [1.54, 1.807) is 20.3 Å². The van der Waals surface area contributed by atoms with Crippen molar-refractivity contribution in [1.82, 2.24) is 4.98 Å². The predicted molar refractivity (Wildman–Crippen MR) is 68.8 cm³/mol. The first-order valence-electron chi connectivity index (χ1n) is 5.66. The number of aromatic nitrogens is 1. The Morgan fingerprint density at radius 3 is 2.28 bits per heavy atom. The first kappa shape index (κ1) is 12.3. The van der Waals surface area contributed by atoms with E-state index in [0.29, 0.717) is 17.3 Å². The number of nitrogens with zero attached hydrogens (tertiary/aromatic N) is 1. The van der Waals surface area contributed by atoms with Crippen molar-refractivity contribution in [2.45, 2.75) is 13.3 Å². The van der Waals surface area contributed by atoms with Crippen molar-refractivity contribution in [2.24, 2.45) is 0 Å². The zero-order valence-electron chi connectivity index (χ0n) is 10.7. The summed E-state index contributed by atoms with van der Waals surface area (Å²) in [7, 11) is 3.21. The van der Waals surface area contributed by atoms with Crippen LogP contribution in [0.4, 0.5) is 6.01 Å². The molecule has 96 valence electrons. The van der Waals surface area contributed by atoms with Crippen LogP contribution in [0.1, 0.15) is 12.6 Å². The fourth-order valence-corrected chi connectivity index (χ4v) is 1.77. The zero-order chi connectivity index (χ0) is 13.1. The van der Waals surface area contributed by atoms with E-state index in [1.807, 2.05) is 19.1 Å². The number of nitrogens with two attached hydrogens (primary N) is 1. The molecule has 18 heavy (non-hydrogen) atoms. The molecule has 0 radical (unpaired) electrons. The second-order valence-corrected chi connectivity index (χ2v) is 3.78. The van der Waals surface area contributed by atoms with Gasteiger partial charge in [0.25, 0.3) is 6.01 Å². The standard InChI is InChI=1S/C13H16N2O3/c1-4-11-12(18-13(14)15-11)8-5-9(16-2)7-10(6-8)17-3/h5-7H,4H2,1-3H3,(H2,14,15). The number of methoxy groups -OCH3 is 2. The molecule has 0 atom stereocenters.